The lowest BCUT2D eigenvalue weighted by Crippen LogP contribution is -2.43. The van der Waals surface area contributed by atoms with Crippen LogP contribution in [0, 0.1) is 12.3 Å². The number of nitrogens with zero attached hydrogens (tertiary/aromatic N) is 2. The van der Waals surface area contributed by atoms with E-state index in [1.54, 1.807) is 30.6 Å². The molecule has 0 aliphatic carbocycles. The van der Waals surface area contributed by atoms with E-state index in [-0.39, 0.29) is 23.5 Å². The summed E-state index contributed by atoms with van der Waals surface area (Å²) in [4.78, 5) is 20.2. The molecule has 128 valence electrons. The molecule has 2 N–H and O–H groups in total. The Kier molecular flexibility index (Phi) is 5.39. The van der Waals surface area contributed by atoms with Gasteiger partial charge in [-0.1, -0.05) is 20.8 Å². The maximum Gasteiger partial charge on any atom is 0.321 e. The second-order valence-corrected chi connectivity index (χ2v) is 6.80. The summed E-state index contributed by atoms with van der Waals surface area (Å²) in [6.45, 7) is 10.1. The van der Waals surface area contributed by atoms with Gasteiger partial charge in [-0.15, -0.1) is 0 Å². The highest BCUT2D eigenvalue weighted by Gasteiger charge is 2.21. The standard InChI is InChI=1S/C18H24N4O2/c1-12-11-14(24-17-19-9-6-10-20-17)7-8-15(12)22-16(23)21-13(2)18(3,4)5/h6-11,13H,1-5H3,(H2,21,22,23)/t13-/m1/s1. The number of rotatable bonds is 4. The largest absolute Gasteiger partial charge is 0.424 e. The first-order chi connectivity index (χ1) is 11.3. The van der Waals surface area contributed by atoms with E-state index in [4.69, 9.17) is 4.74 Å². The van der Waals surface area contributed by atoms with E-state index in [1.807, 2.05) is 19.9 Å². The maximum atomic E-state index is 12.1. The molecule has 1 aromatic heterocycles. The highest BCUT2D eigenvalue weighted by Crippen LogP contribution is 2.24. The number of amides is 2. The lowest BCUT2D eigenvalue weighted by atomic mass is 9.88. The van der Waals surface area contributed by atoms with Crippen molar-refractivity contribution < 1.29 is 9.53 Å². The van der Waals surface area contributed by atoms with Crippen molar-refractivity contribution >= 4 is 11.7 Å². The van der Waals surface area contributed by atoms with E-state index in [0.717, 1.165) is 11.3 Å². The third-order valence-corrected chi connectivity index (χ3v) is 3.84. The molecular formula is C18H24N4O2. The van der Waals surface area contributed by atoms with Crippen LogP contribution in [-0.2, 0) is 0 Å². The molecule has 1 heterocycles. The van der Waals surface area contributed by atoms with Crippen LogP contribution in [0.5, 0.6) is 11.8 Å². The van der Waals surface area contributed by atoms with Gasteiger partial charge in [0.2, 0.25) is 0 Å². The van der Waals surface area contributed by atoms with E-state index in [0.29, 0.717) is 5.75 Å². The second kappa shape index (κ2) is 7.29. The fourth-order valence-electron chi connectivity index (χ4n) is 1.85. The second-order valence-electron chi connectivity index (χ2n) is 6.80. The summed E-state index contributed by atoms with van der Waals surface area (Å²) in [6, 6.07) is 7.24. The lowest BCUT2D eigenvalue weighted by Gasteiger charge is -2.28. The Labute approximate surface area is 142 Å². The SMILES string of the molecule is Cc1cc(Oc2ncccn2)ccc1NC(=O)N[C@H](C)C(C)(C)C. The van der Waals surface area contributed by atoms with Gasteiger partial charge in [-0.3, -0.25) is 0 Å². The molecule has 0 radical (unpaired) electrons. The summed E-state index contributed by atoms with van der Waals surface area (Å²) < 4.78 is 5.58. The normalized spacial score (nSPS) is 12.4. The molecule has 0 saturated carbocycles. The number of carbonyl (C=O) groups is 1. The highest BCUT2D eigenvalue weighted by molar-refractivity contribution is 5.90. The Morgan fingerprint density at radius 1 is 1.21 bits per heavy atom. The minimum absolute atomic E-state index is 0.000232. The van der Waals surface area contributed by atoms with E-state index in [1.165, 1.54) is 0 Å². The van der Waals surface area contributed by atoms with Gasteiger partial charge in [0.05, 0.1) is 0 Å². The third kappa shape index (κ3) is 4.94. The molecule has 2 amide bonds. The summed E-state index contributed by atoms with van der Waals surface area (Å²) in [5, 5.41) is 5.82. The monoisotopic (exact) mass is 328 g/mol. The number of aryl methyl sites for hydroxylation is 1. The van der Waals surface area contributed by atoms with Crippen molar-refractivity contribution in [1.29, 1.82) is 0 Å². The summed E-state index contributed by atoms with van der Waals surface area (Å²) in [5.41, 5.74) is 1.62. The van der Waals surface area contributed by atoms with Gasteiger partial charge in [0.1, 0.15) is 5.75 Å². The number of hydrogen-bond donors (Lipinski definition) is 2. The summed E-state index contributed by atoms with van der Waals surface area (Å²) in [5.74, 6) is 0.618. The van der Waals surface area contributed by atoms with Gasteiger partial charge in [0.25, 0.3) is 0 Å². The molecule has 0 saturated heterocycles. The fourth-order valence-corrected chi connectivity index (χ4v) is 1.85. The smallest absolute Gasteiger partial charge is 0.321 e. The van der Waals surface area contributed by atoms with Gasteiger partial charge >= 0.3 is 12.0 Å². The molecule has 0 bridgehead atoms. The zero-order valence-electron chi connectivity index (χ0n) is 14.8. The molecule has 0 spiro atoms. The van der Waals surface area contributed by atoms with Gasteiger partial charge in [0.15, 0.2) is 0 Å². The van der Waals surface area contributed by atoms with Crippen LogP contribution in [0.2, 0.25) is 0 Å². The fraction of sp³-hybridized carbons (Fsp3) is 0.389. The number of anilines is 1. The number of benzene rings is 1. The number of carbonyl (C=O) groups excluding carboxylic acids is 1. The molecular weight excluding hydrogens is 304 g/mol. The quantitative estimate of drug-likeness (QED) is 0.884. The van der Waals surface area contributed by atoms with Crippen LogP contribution in [0.4, 0.5) is 10.5 Å². The first kappa shape index (κ1) is 17.7. The van der Waals surface area contributed by atoms with Gasteiger partial charge in [-0.25, -0.2) is 14.8 Å². The highest BCUT2D eigenvalue weighted by atomic mass is 16.5. The summed E-state index contributed by atoms with van der Waals surface area (Å²) in [6.07, 6.45) is 3.23. The number of urea groups is 1. The third-order valence-electron chi connectivity index (χ3n) is 3.84. The van der Waals surface area contributed by atoms with Crippen molar-refractivity contribution in [2.75, 3.05) is 5.32 Å². The first-order valence-electron chi connectivity index (χ1n) is 7.89. The molecule has 2 rings (SSSR count). The van der Waals surface area contributed by atoms with Crippen LogP contribution in [0.15, 0.2) is 36.7 Å². The van der Waals surface area contributed by atoms with Crippen molar-refractivity contribution in [2.45, 2.75) is 40.7 Å². The first-order valence-corrected chi connectivity index (χ1v) is 7.89. The predicted molar refractivity (Wildman–Crippen MR) is 94.4 cm³/mol. The van der Waals surface area contributed by atoms with E-state index in [2.05, 4.69) is 41.4 Å². The molecule has 0 aliphatic heterocycles. The van der Waals surface area contributed by atoms with E-state index in [9.17, 15) is 4.79 Å². The molecule has 0 fully saturated rings. The van der Waals surface area contributed by atoms with Crippen LogP contribution in [-0.4, -0.2) is 22.0 Å². The molecule has 1 atom stereocenters. The Morgan fingerprint density at radius 2 is 1.88 bits per heavy atom. The zero-order chi connectivity index (χ0) is 17.7. The van der Waals surface area contributed by atoms with Crippen LogP contribution >= 0.6 is 0 Å². The molecule has 0 unspecified atom stereocenters. The average Bonchev–Trinajstić information content (AvgIpc) is 2.50. The van der Waals surface area contributed by atoms with Crippen molar-refractivity contribution in [3.05, 3.63) is 42.2 Å². The molecule has 0 aliphatic rings. The van der Waals surface area contributed by atoms with Crippen molar-refractivity contribution in [1.82, 2.24) is 15.3 Å². The number of aromatic nitrogens is 2. The Bertz CT molecular complexity index is 696. The molecule has 6 nitrogen and oxygen atoms in total. The van der Waals surface area contributed by atoms with Gasteiger partial charge in [-0.2, -0.15) is 0 Å². The minimum atomic E-state index is -0.222. The van der Waals surface area contributed by atoms with Crippen molar-refractivity contribution in [3.8, 4) is 11.8 Å². The summed E-state index contributed by atoms with van der Waals surface area (Å²) >= 11 is 0. The van der Waals surface area contributed by atoms with Crippen LogP contribution in [0.1, 0.15) is 33.3 Å². The van der Waals surface area contributed by atoms with Gasteiger partial charge in [-0.05, 0) is 49.1 Å². The topological polar surface area (TPSA) is 76.1 Å². The molecule has 1 aromatic carbocycles. The lowest BCUT2D eigenvalue weighted by molar-refractivity contribution is 0.233. The average molecular weight is 328 g/mol. The van der Waals surface area contributed by atoms with Gasteiger partial charge < -0.3 is 15.4 Å². The maximum absolute atomic E-state index is 12.1. The number of nitrogens with one attached hydrogen (secondary N) is 2. The summed E-state index contributed by atoms with van der Waals surface area (Å²) in [7, 11) is 0. The van der Waals surface area contributed by atoms with E-state index < -0.39 is 0 Å². The predicted octanol–water partition coefficient (Wildman–Crippen LogP) is 4.13. The Hall–Kier alpha value is -2.63. The van der Waals surface area contributed by atoms with Crippen LogP contribution in [0.3, 0.4) is 0 Å². The minimum Gasteiger partial charge on any atom is -0.424 e. The van der Waals surface area contributed by atoms with Crippen LogP contribution < -0.4 is 15.4 Å². The zero-order valence-corrected chi connectivity index (χ0v) is 14.8. The molecule has 6 heteroatoms. The molecule has 2 aromatic rings. The number of hydrogen-bond acceptors (Lipinski definition) is 4. The molecule has 24 heavy (non-hydrogen) atoms. The number of ether oxygens (including phenoxy) is 1. The Balaban J connectivity index is 2.01. The van der Waals surface area contributed by atoms with Gasteiger partial charge in [0, 0.05) is 24.1 Å². The van der Waals surface area contributed by atoms with Crippen molar-refractivity contribution in [2.24, 2.45) is 5.41 Å². The van der Waals surface area contributed by atoms with Crippen LogP contribution in [0.25, 0.3) is 0 Å². The van der Waals surface area contributed by atoms with E-state index >= 15 is 0 Å². The Morgan fingerprint density at radius 3 is 2.46 bits per heavy atom. The van der Waals surface area contributed by atoms with Crippen molar-refractivity contribution in [3.63, 3.8) is 0 Å².